The van der Waals surface area contributed by atoms with E-state index in [9.17, 15) is 0 Å². The van der Waals surface area contributed by atoms with Crippen molar-refractivity contribution in [3.8, 4) is 0 Å². The van der Waals surface area contributed by atoms with Gasteiger partial charge in [-0.2, -0.15) is 0 Å². The number of hydrogen-bond acceptors (Lipinski definition) is 1. The summed E-state index contributed by atoms with van der Waals surface area (Å²) in [5, 5.41) is 3.46. The molecule has 1 unspecified atom stereocenters. The minimum absolute atomic E-state index is 0.592. The van der Waals surface area contributed by atoms with Crippen LogP contribution in [-0.2, 0) is 19.3 Å². The summed E-state index contributed by atoms with van der Waals surface area (Å²) in [6.45, 7) is 5.49. The molecule has 2 rings (SSSR count). The van der Waals surface area contributed by atoms with Gasteiger partial charge in [-0.05, 0) is 55.8 Å². The fourth-order valence-corrected chi connectivity index (χ4v) is 2.53. The molecule has 0 aliphatic heterocycles. The zero-order chi connectivity index (χ0) is 10.7. The van der Waals surface area contributed by atoms with Gasteiger partial charge in [-0.3, -0.25) is 0 Å². The first-order valence-corrected chi connectivity index (χ1v) is 6.13. The van der Waals surface area contributed by atoms with Gasteiger partial charge in [0.05, 0.1) is 0 Å². The Morgan fingerprint density at radius 1 is 1.27 bits per heavy atom. The molecule has 0 saturated heterocycles. The highest BCUT2D eigenvalue weighted by Gasteiger charge is 2.11. The summed E-state index contributed by atoms with van der Waals surface area (Å²) >= 11 is 0. The second-order valence-electron chi connectivity index (χ2n) is 4.62. The Balaban J connectivity index is 2.03. The van der Waals surface area contributed by atoms with Gasteiger partial charge in [0.1, 0.15) is 0 Å². The summed E-state index contributed by atoms with van der Waals surface area (Å²) in [5.74, 6) is 0. The minimum atomic E-state index is 0.592. The van der Waals surface area contributed by atoms with E-state index in [-0.39, 0.29) is 0 Å². The standard InChI is InChI=1S/C14H21N/c1-3-15-11(2)9-12-7-8-13-5-4-6-14(13)10-12/h7-8,10-11,15H,3-6,9H2,1-2H3. The first-order chi connectivity index (χ1) is 7.29. The van der Waals surface area contributed by atoms with Crippen LogP contribution in [0.4, 0.5) is 0 Å². The third-order valence-electron chi connectivity index (χ3n) is 3.26. The molecule has 1 aromatic rings. The van der Waals surface area contributed by atoms with Crippen molar-refractivity contribution in [3.63, 3.8) is 0 Å². The first kappa shape index (κ1) is 10.7. The lowest BCUT2D eigenvalue weighted by Crippen LogP contribution is -2.27. The highest BCUT2D eigenvalue weighted by molar-refractivity contribution is 5.35. The van der Waals surface area contributed by atoms with E-state index in [1.165, 1.54) is 24.8 Å². The van der Waals surface area contributed by atoms with Crippen LogP contribution in [0.5, 0.6) is 0 Å². The van der Waals surface area contributed by atoms with Gasteiger partial charge in [-0.1, -0.05) is 25.1 Å². The molecule has 0 amide bonds. The molecule has 1 N–H and O–H groups in total. The van der Waals surface area contributed by atoms with Crippen LogP contribution in [0, 0.1) is 0 Å². The van der Waals surface area contributed by atoms with E-state index in [1.807, 2.05) is 0 Å². The van der Waals surface area contributed by atoms with Gasteiger partial charge in [0.2, 0.25) is 0 Å². The number of benzene rings is 1. The Kier molecular flexibility index (Phi) is 3.42. The van der Waals surface area contributed by atoms with Crippen molar-refractivity contribution in [2.45, 2.75) is 45.6 Å². The van der Waals surface area contributed by atoms with Crippen LogP contribution in [-0.4, -0.2) is 12.6 Å². The number of rotatable bonds is 4. The Hall–Kier alpha value is -0.820. The number of nitrogens with one attached hydrogen (secondary N) is 1. The number of hydrogen-bond donors (Lipinski definition) is 1. The fourth-order valence-electron chi connectivity index (χ4n) is 2.53. The Morgan fingerprint density at radius 3 is 2.87 bits per heavy atom. The summed E-state index contributed by atoms with van der Waals surface area (Å²) in [4.78, 5) is 0. The maximum atomic E-state index is 3.46. The first-order valence-electron chi connectivity index (χ1n) is 6.13. The van der Waals surface area contributed by atoms with Crippen molar-refractivity contribution in [2.75, 3.05) is 6.54 Å². The maximum Gasteiger partial charge on any atom is 0.00790 e. The van der Waals surface area contributed by atoms with Crippen molar-refractivity contribution in [3.05, 3.63) is 34.9 Å². The molecule has 0 saturated carbocycles. The Morgan fingerprint density at radius 2 is 2.07 bits per heavy atom. The van der Waals surface area contributed by atoms with E-state index in [1.54, 1.807) is 11.1 Å². The normalized spacial score (nSPS) is 16.4. The van der Waals surface area contributed by atoms with Crippen molar-refractivity contribution in [1.82, 2.24) is 5.32 Å². The molecule has 1 aliphatic carbocycles. The second-order valence-corrected chi connectivity index (χ2v) is 4.62. The van der Waals surface area contributed by atoms with Crippen LogP contribution in [0.1, 0.15) is 37.0 Å². The molecule has 0 radical (unpaired) electrons. The Bertz CT molecular complexity index is 330. The van der Waals surface area contributed by atoms with Gasteiger partial charge in [-0.25, -0.2) is 0 Å². The zero-order valence-electron chi connectivity index (χ0n) is 9.84. The molecule has 0 aromatic heterocycles. The molecule has 0 fully saturated rings. The molecular formula is C14H21N. The van der Waals surface area contributed by atoms with Crippen LogP contribution < -0.4 is 5.32 Å². The third kappa shape index (κ3) is 2.60. The van der Waals surface area contributed by atoms with Gasteiger partial charge in [0.25, 0.3) is 0 Å². The van der Waals surface area contributed by atoms with Crippen molar-refractivity contribution in [1.29, 1.82) is 0 Å². The topological polar surface area (TPSA) is 12.0 Å². The van der Waals surface area contributed by atoms with Crippen molar-refractivity contribution in [2.24, 2.45) is 0 Å². The lowest BCUT2D eigenvalue weighted by Gasteiger charge is -2.13. The molecule has 1 aliphatic rings. The lowest BCUT2D eigenvalue weighted by atomic mass is 10.0. The van der Waals surface area contributed by atoms with Gasteiger partial charge in [0, 0.05) is 6.04 Å². The van der Waals surface area contributed by atoms with Gasteiger partial charge >= 0.3 is 0 Å². The Labute approximate surface area is 92.9 Å². The molecule has 0 spiro atoms. The van der Waals surface area contributed by atoms with E-state index in [0.717, 1.165) is 13.0 Å². The second kappa shape index (κ2) is 4.80. The van der Waals surface area contributed by atoms with Crippen LogP contribution in [0.2, 0.25) is 0 Å². The molecule has 82 valence electrons. The molecule has 15 heavy (non-hydrogen) atoms. The van der Waals surface area contributed by atoms with E-state index < -0.39 is 0 Å². The monoisotopic (exact) mass is 203 g/mol. The summed E-state index contributed by atoms with van der Waals surface area (Å²) in [7, 11) is 0. The summed E-state index contributed by atoms with van der Waals surface area (Å²) in [5.41, 5.74) is 4.66. The van der Waals surface area contributed by atoms with Crippen LogP contribution in [0.15, 0.2) is 18.2 Å². The summed E-state index contributed by atoms with van der Waals surface area (Å²) < 4.78 is 0. The van der Waals surface area contributed by atoms with Gasteiger partial charge in [-0.15, -0.1) is 0 Å². The molecule has 1 aromatic carbocycles. The summed E-state index contributed by atoms with van der Waals surface area (Å²) in [6.07, 6.45) is 5.08. The highest BCUT2D eigenvalue weighted by Crippen LogP contribution is 2.23. The van der Waals surface area contributed by atoms with E-state index in [0.29, 0.717) is 6.04 Å². The smallest absolute Gasteiger partial charge is 0.00790 e. The lowest BCUT2D eigenvalue weighted by molar-refractivity contribution is 0.565. The number of aryl methyl sites for hydroxylation is 2. The minimum Gasteiger partial charge on any atom is -0.314 e. The van der Waals surface area contributed by atoms with Gasteiger partial charge in [0.15, 0.2) is 0 Å². The highest BCUT2D eigenvalue weighted by atomic mass is 14.9. The van der Waals surface area contributed by atoms with E-state index in [2.05, 4.69) is 37.4 Å². The zero-order valence-corrected chi connectivity index (χ0v) is 9.84. The SMILES string of the molecule is CCNC(C)Cc1ccc2c(c1)CCC2. The average Bonchev–Trinajstić information content (AvgIpc) is 2.65. The van der Waals surface area contributed by atoms with Crippen LogP contribution >= 0.6 is 0 Å². The average molecular weight is 203 g/mol. The number of fused-ring (bicyclic) bond motifs is 1. The van der Waals surface area contributed by atoms with Gasteiger partial charge < -0.3 is 5.32 Å². The van der Waals surface area contributed by atoms with Crippen LogP contribution in [0.3, 0.4) is 0 Å². The summed E-state index contributed by atoms with van der Waals surface area (Å²) in [6, 6.07) is 7.64. The van der Waals surface area contributed by atoms with Crippen LogP contribution in [0.25, 0.3) is 0 Å². The predicted octanol–water partition coefficient (Wildman–Crippen LogP) is 2.72. The fraction of sp³-hybridized carbons (Fsp3) is 0.571. The molecule has 1 atom stereocenters. The third-order valence-corrected chi connectivity index (χ3v) is 3.26. The predicted molar refractivity (Wildman–Crippen MR) is 65.3 cm³/mol. The van der Waals surface area contributed by atoms with Crippen molar-refractivity contribution < 1.29 is 0 Å². The van der Waals surface area contributed by atoms with Crippen molar-refractivity contribution >= 4 is 0 Å². The van der Waals surface area contributed by atoms with E-state index in [4.69, 9.17) is 0 Å². The molecule has 1 nitrogen and oxygen atoms in total. The molecule has 1 heteroatoms. The maximum absolute atomic E-state index is 3.46. The number of likely N-dealkylation sites (N-methyl/N-ethyl adjacent to an activating group) is 1. The largest absolute Gasteiger partial charge is 0.314 e. The molecular weight excluding hydrogens is 182 g/mol. The molecule has 0 bridgehead atoms. The molecule has 0 heterocycles. The quantitative estimate of drug-likeness (QED) is 0.793. The van der Waals surface area contributed by atoms with E-state index >= 15 is 0 Å².